The fourth-order valence-electron chi connectivity index (χ4n) is 3.40. The van der Waals surface area contributed by atoms with Crippen LogP contribution in [-0.4, -0.2) is 16.7 Å². The lowest BCUT2D eigenvalue weighted by molar-refractivity contribution is -0.140. The molecule has 1 heterocycles. The molecule has 2 aromatic carbocycles. The average molecular weight is 490 g/mol. The van der Waals surface area contributed by atoms with Gasteiger partial charge in [-0.05, 0) is 54.3 Å². The molecule has 1 amide bonds. The third kappa shape index (κ3) is 6.40. The van der Waals surface area contributed by atoms with Crippen molar-refractivity contribution in [3.05, 3.63) is 83.1 Å². The molecular formula is C25H19F5N2O3. The van der Waals surface area contributed by atoms with Gasteiger partial charge in [-0.25, -0.2) is 13.8 Å². The number of rotatable bonds is 8. The molecule has 1 fully saturated rings. The van der Waals surface area contributed by atoms with Crippen LogP contribution in [-0.2, 0) is 28.6 Å². The molecule has 0 unspecified atom stereocenters. The first kappa shape index (κ1) is 24.3. The second-order valence-corrected chi connectivity index (χ2v) is 8.21. The molecule has 1 aliphatic rings. The van der Waals surface area contributed by atoms with Crippen molar-refractivity contribution in [2.24, 2.45) is 5.92 Å². The van der Waals surface area contributed by atoms with Crippen molar-refractivity contribution in [1.29, 1.82) is 0 Å². The van der Waals surface area contributed by atoms with E-state index in [4.69, 9.17) is 4.74 Å². The van der Waals surface area contributed by atoms with Crippen molar-refractivity contribution in [3.8, 4) is 11.5 Å². The van der Waals surface area contributed by atoms with Crippen LogP contribution in [0.4, 0.5) is 27.8 Å². The summed E-state index contributed by atoms with van der Waals surface area (Å²) in [7, 11) is 0. The van der Waals surface area contributed by atoms with E-state index in [1.807, 2.05) is 0 Å². The Morgan fingerprint density at radius 2 is 1.63 bits per heavy atom. The molecule has 182 valence electrons. The quantitative estimate of drug-likeness (QED) is 0.401. The summed E-state index contributed by atoms with van der Waals surface area (Å²) in [4.78, 5) is 28.2. The van der Waals surface area contributed by atoms with Gasteiger partial charge in [-0.1, -0.05) is 12.1 Å². The maximum atomic E-state index is 14.6. The Hall–Kier alpha value is -3.82. The predicted molar refractivity (Wildman–Crippen MR) is 116 cm³/mol. The number of hydrogen-bond donors (Lipinski definition) is 1. The van der Waals surface area contributed by atoms with Gasteiger partial charge >= 0.3 is 6.18 Å². The van der Waals surface area contributed by atoms with E-state index in [1.165, 1.54) is 30.5 Å². The van der Waals surface area contributed by atoms with Crippen molar-refractivity contribution in [3.63, 3.8) is 0 Å². The highest BCUT2D eigenvalue weighted by Gasteiger charge is 2.34. The zero-order valence-corrected chi connectivity index (χ0v) is 18.2. The monoisotopic (exact) mass is 490 g/mol. The predicted octanol–water partition coefficient (Wildman–Crippen LogP) is 5.87. The average Bonchev–Trinajstić information content (AvgIpc) is 3.62. The molecule has 1 N–H and O–H groups in total. The Morgan fingerprint density at radius 3 is 2.29 bits per heavy atom. The SMILES string of the molecule is O=C(Cc1ccc(Oc2ccnc(NC(=O)C3CC3)c2)c(F)c1)Cc1ccc(F)c(C(F)(F)F)c1. The molecule has 0 spiro atoms. The summed E-state index contributed by atoms with van der Waals surface area (Å²) in [6.07, 6.45) is -2.40. The first-order valence-electron chi connectivity index (χ1n) is 10.7. The fraction of sp³-hybridized carbons (Fsp3) is 0.240. The van der Waals surface area contributed by atoms with Crippen LogP contribution in [0.5, 0.6) is 11.5 Å². The molecule has 5 nitrogen and oxygen atoms in total. The van der Waals surface area contributed by atoms with Crippen molar-refractivity contribution in [1.82, 2.24) is 4.98 Å². The van der Waals surface area contributed by atoms with E-state index in [-0.39, 0.29) is 47.5 Å². The summed E-state index contributed by atoms with van der Waals surface area (Å²) in [6, 6.07) is 9.18. The highest BCUT2D eigenvalue weighted by molar-refractivity contribution is 5.93. The van der Waals surface area contributed by atoms with Gasteiger partial charge in [0.05, 0.1) is 5.56 Å². The number of alkyl halides is 3. The molecule has 35 heavy (non-hydrogen) atoms. The van der Waals surface area contributed by atoms with Crippen LogP contribution in [0.2, 0.25) is 0 Å². The number of benzene rings is 2. The molecule has 1 saturated carbocycles. The normalized spacial score (nSPS) is 13.4. The van der Waals surface area contributed by atoms with Gasteiger partial charge in [-0.15, -0.1) is 0 Å². The maximum Gasteiger partial charge on any atom is 0.419 e. The number of halogens is 5. The summed E-state index contributed by atoms with van der Waals surface area (Å²) >= 11 is 0. The Labute approximate surface area is 196 Å². The molecule has 0 atom stereocenters. The highest BCUT2D eigenvalue weighted by atomic mass is 19.4. The number of pyridine rings is 1. The molecule has 0 radical (unpaired) electrons. The molecule has 3 aromatic rings. The number of carbonyl (C=O) groups is 2. The van der Waals surface area contributed by atoms with Crippen LogP contribution in [0.3, 0.4) is 0 Å². The van der Waals surface area contributed by atoms with E-state index < -0.39 is 29.2 Å². The number of anilines is 1. The van der Waals surface area contributed by atoms with Crippen LogP contribution in [0.15, 0.2) is 54.7 Å². The number of Topliss-reactive ketones (excluding diaryl/α,β-unsaturated/α-hetero) is 1. The van der Waals surface area contributed by atoms with Gasteiger partial charge in [0.15, 0.2) is 11.6 Å². The number of hydrogen-bond acceptors (Lipinski definition) is 4. The summed E-state index contributed by atoms with van der Waals surface area (Å²) in [5.41, 5.74) is -1.14. The molecule has 0 aliphatic heterocycles. The van der Waals surface area contributed by atoms with E-state index in [9.17, 15) is 31.5 Å². The van der Waals surface area contributed by atoms with Crippen LogP contribution in [0, 0.1) is 17.6 Å². The van der Waals surface area contributed by atoms with Gasteiger partial charge in [0.2, 0.25) is 5.91 Å². The minimum atomic E-state index is -4.87. The topological polar surface area (TPSA) is 68.3 Å². The van der Waals surface area contributed by atoms with Crippen molar-refractivity contribution in [2.45, 2.75) is 31.9 Å². The molecular weight excluding hydrogens is 471 g/mol. The lowest BCUT2D eigenvalue weighted by Gasteiger charge is -2.11. The Bertz CT molecular complexity index is 1270. The standard InChI is InChI=1S/C25H19F5N2O3/c26-20-5-1-14(11-19(20)25(28,29)30)9-17(33)10-15-2-6-22(21(27)12-15)35-18-7-8-31-23(13-18)32-24(34)16-3-4-16/h1-2,5-8,11-13,16H,3-4,9-10H2,(H,31,32,34). The third-order valence-electron chi connectivity index (χ3n) is 5.29. The van der Waals surface area contributed by atoms with Crippen molar-refractivity contribution >= 4 is 17.5 Å². The van der Waals surface area contributed by atoms with E-state index in [0.717, 1.165) is 25.0 Å². The molecule has 10 heteroatoms. The van der Waals surface area contributed by atoms with Crippen LogP contribution < -0.4 is 10.1 Å². The van der Waals surface area contributed by atoms with Crippen LogP contribution in [0.25, 0.3) is 0 Å². The number of nitrogens with one attached hydrogen (secondary N) is 1. The van der Waals surface area contributed by atoms with E-state index in [0.29, 0.717) is 17.7 Å². The van der Waals surface area contributed by atoms with Gasteiger partial charge < -0.3 is 10.1 Å². The van der Waals surface area contributed by atoms with Gasteiger partial charge in [-0.3, -0.25) is 9.59 Å². The molecule has 0 saturated heterocycles. The largest absolute Gasteiger partial charge is 0.454 e. The smallest absolute Gasteiger partial charge is 0.419 e. The van der Waals surface area contributed by atoms with Gasteiger partial charge in [0.1, 0.15) is 23.2 Å². The second kappa shape index (κ2) is 9.81. The van der Waals surface area contributed by atoms with Crippen LogP contribution >= 0.6 is 0 Å². The summed E-state index contributed by atoms with van der Waals surface area (Å²) in [6.45, 7) is 0. The minimum absolute atomic E-state index is 0.00594. The first-order valence-corrected chi connectivity index (χ1v) is 10.7. The van der Waals surface area contributed by atoms with E-state index in [1.54, 1.807) is 0 Å². The Morgan fingerprint density at radius 1 is 0.943 bits per heavy atom. The molecule has 1 aromatic heterocycles. The number of nitrogens with zero attached hydrogens (tertiary/aromatic N) is 1. The van der Waals surface area contributed by atoms with Gasteiger partial charge in [-0.2, -0.15) is 13.2 Å². The number of aromatic nitrogens is 1. The number of amides is 1. The Balaban J connectivity index is 1.39. The fourth-order valence-corrected chi connectivity index (χ4v) is 3.40. The summed E-state index contributed by atoms with van der Waals surface area (Å²) in [5.74, 6) is -2.39. The zero-order chi connectivity index (χ0) is 25.2. The lowest BCUT2D eigenvalue weighted by Crippen LogP contribution is -2.14. The van der Waals surface area contributed by atoms with Crippen molar-refractivity contribution in [2.75, 3.05) is 5.32 Å². The summed E-state index contributed by atoms with van der Waals surface area (Å²) in [5, 5.41) is 2.67. The van der Waals surface area contributed by atoms with Gasteiger partial charge in [0.25, 0.3) is 0 Å². The highest BCUT2D eigenvalue weighted by Crippen LogP contribution is 2.33. The third-order valence-corrected chi connectivity index (χ3v) is 5.29. The molecule has 1 aliphatic carbocycles. The van der Waals surface area contributed by atoms with Gasteiger partial charge in [0, 0.05) is 31.0 Å². The minimum Gasteiger partial charge on any atom is -0.454 e. The first-order chi connectivity index (χ1) is 16.6. The number of carbonyl (C=O) groups excluding carboxylic acids is 2. The van der Waals surface area contributed by atoms with Crippen molar-refractivity contribution < 1.29 is 36.3 Å². The lowest BCUT2D eigenvalue weighted by atomic mass is 10.0. The maximum absolute atomic E-state index is 14.6. The van der Waals surface area contributed by atoms with E-state index >= 15 is 0 Å². The summed E-state index contributed by atoms with van der Waals surface area (Å²) < 4.78 is 72.1. The molecule has 4 rings (SSSR count). The van der Waals surface area contributed by atoms with Crippen LogP contribution in [0.1, 0.15) is 29.5 Å². The number of ether oxygens (including phenoxy) is 1. The number of ketones is 1. The van der Waals surface area contributed by atoms with E-state index in [2.05, 4.69) is 10.3 Å². The molecule has 0 bridgehead atoms. The second-order valence-electron chi connectivity index (χ2n) is 8.21. The zero-order valence-electron chi connectivity index (χ0n) is 18.2. The Kier molecular flexibility index (Phi) is 6.81.